The zero-order valence-electron chi connectivity index (χ0n) is 9.04. The van der Waals surface area contributed by atoms with E-state index in [2.05, 4.69) is 10.7 Å². The lowest BCUT2D eigenvalue weighted by molar-refractivity contribution is 0.417. The monoisotopic (exact) mass is 222 g/mol. The van der Waals surface area contributed by atoms with Crippen molar-refractivity contribution in [2.45, 2.75) is 50.5 Å². The molecule has 2 fully saturated rings. The highest BCUT2D eigenvalue weighted by molar-refractivity contribution is 7.09. The summed E-state index contributed by atoms with van der Waals surface area (Å²) in [7, 11) is 0. The van der Waals surface area contributed by atoms with Crippen LogP contribution in [0.15, 0.2) is 5.38 Å². The summed E-state index contributed by atoms with van der Waals surface area (Å²) < 4.78 is 0. The van der Waals surface area contributed by atoms with Crippen molar-refractivity contribution in [2.24, 2.45) is 0 Å². The Kier molecular flexibility index (Phi) is 2.76. The molecule has 1 aromatic heterocycles. The topological polar surface area (TPSA) is 24.9 Å². The van der Waals surface area contributed by atoms with Crippen LogP contribution in [0.2, 0.25) is 0 Å². The number of nitrogens with one attached hydrogen (secondary N) is 1. The third-order valence-electron chi connectivity index (χ3n) is 3.42. The molecule has 2 nitrogen and oxygen atoms in total. The van der Waals surface area contributed by atoms with Gasteiger partial charge in [0.05, 0.1) is 10.7 Å². The highest BCUT2D eigenvalue weighted by atomic mass is 32.1. The fraction of sp³-hybridized carbons (Fsp3) is 0.750. The minimum absolute atomic E-state index is 0.806. The summed E-state index contributed by atoms with van der Waals surface area (Å²) in [4.78, 5) is 4.73. The van der Waals surface area contributed by atoms with Gasteiger partial charge in [-0.15, -0.1) is 11.3 Å². The van der Waals surface area contributed by atoms with Crippen molar-refractivity contribution < 1.29 is 0 Å². The molecular weight excluding hydrogens is 204 g/mol. The van der Waals surface area contributed by atoms with E-state index in [0.717, 1.165) is 24.9 Å². The lowest BCUT2D eigenvalue weighted by atomic mass is 9.86. The molecule has 0 atom stereocenters. The van der Waals surface area contributed by atoms with Gasteiger partial charge in [-0.2, -0.15) is 0 Å². The largest absolute Gasteiger partial charge is 0.314 e. The first-order valence-electron chi connectivity index (χ1n) is 6.09. The number of rotatable bonds is 5. The number of hydrogen-bond donors (Lipinski definition) is 1. The Morgan fingerprint density at radius 1 is 1.33 bits per heavy atom. The van der Waals surface area contributed by atoms with Gasteiger partial charge < -0.3 is 5.32 Å². The van der Waals surface area contributed by atoms with Crippen LogP contribution < -0.4 is 5.32 Å². The minimum atomic E-state index is 0.806. The maximum atomic E-state index is 4.73. The van der Waals surface area contributed by atoms with E-state index in [-0.39, 0.29) is 0 Å². The van der Waals surface area contributed by atoms with Crippen LogP contribution in [0.5, 0.6) is 0 Å². The standard InChI is InChI=1S/C12H18N2S/c1-2-9(3-1)12-14-11(8-15-12)6-7-13-10-4-5-10/h8-10,13H,1-7H2. The Bertz CT molecular complexity index is 326. The molecule has 2 saturated carbocycles. The highest BCUT2D eigenvalue weighted by Gasteiger charge is 2.23. The second-order valence-corrected chi connectivity index (χ2v) is 5.67. The molecule has 15 heavy (non-hydrogen) atoms. The number of hydrogen-bond acceptors (Lipinski definition) is 3. The van der Waals surface area contributed by atoms with Gasteiger partial charge >= 0.3 is 0 Å². The molecule has 3 heteroatoms. The molecule has 0 amide bonds. The molecule has 0 bridgehead atoms. The van der Waals surface area contributed by atoms with Crippen LogP contribution in [-0.2, 0) is 6.42 Å². The van der Waals surface area contributed by atoms with E-state index in [9.17, 15) is 0 Å². The molecule has 82 valence electrons. The SMILES string of the molecule is c1sc(C2CCC2)nc1CCNC1CC1. The fourth-order valence-corrected chi connectivity index (χ4v) is 3.00. The molecule has 2 aliphatic carbocycles. The Morgan fingerprint density at radius 2 is 2.20 bits per heavy atom. The van der Waals surface area contributed by atoms with Crippen molar-refractivity contribution in [3.63, 3.8) is 0 Å². The maximum absolute atomic E-state index is 4.73. The Hall–Kier alpha value is -0.410. The van der Waals surface area contributed by atoms with E-state index < -0.39 is 0 Å². The van der Waals surface area contributed by atoms with Gasteiger partial charge in [0.2, 0.25) is 0 Å². The highest BCUT2D eigenvalue weighted by Crippen LogP contribution is 2.37. The number of nitrogens with zero attached hydrogens (tertiary/aromatic N) is 1. The van der Waals surface area contributed by atoms with Crippen LogP contribution in [0.1, 0.15) is 48.7 Å². The average Bonchev–Trinajstić information content (AvgIpc) is 2.85. The van der Waals surface area contributed by atoms with E-state index in [1.165, 1.54) is 42.8 Å². The summed E-state index contributed by atoms with van der Waals surface area (Å²) in [6.45, 7) is 1.11. The Balaban J connectivity index is 1.48. The summed E-state index contributed by atoms with van der Waals surface area (Å²) in [5, 5.41) is 7.18. The molecule has 1 heterocycles. The van der Waals surface area contributed by atoms with Crippen molar-refractivity contribution in [2.75, 3.05) is 6.54 Å². The molecular formula is C12H18N2S. The third-order valence-corrected chi connectivity index (χ3v) is 4.47. The first kappa shape index (κ1) is 9.79. The summed E-state index contributed by atoms with van der Waals surface area (Å²) in [5.74, 6) is 0.806. The molecule has 0 unspecified atom stereocenters. The molecule has 0 aliphatic heterocycles. The fourth-order valence-electron chi connectivity index (χ4n) is 1.97. The first-order chi connectivity index (χ1) is 7.42. The normalized spacial score (nSPS) is 21.6. The van der Waals surface area contributed by atoms with Gasteiger partial charge in [-0.3, -0.25) is 0 Å². The predicted octanol–water partition coefficient (Wildman–Crippen LogP) is 2.71. The number of thiazole rings is 1. The average molecular weight is 222 g/mol. The molecule has 2 aliphatic rings. The summed E-state index contributed by atoms with van der Waals surface area (Å²) >= 11 is 1.87. The van der Waals surface area contributed by atoms with Gasteiger partial charge in [-0.25, -0.2) is 4.98 Å². The molecule has 1 N–H and O–H groups in total. The molecule has 3 rings (SSSR count). The zero-order chi connectivity index (χ0) is 10.1. The van der Waals surface area contributed by atoms with E-state index in [1.807, 2.05) is 11.3 Å². The zero-order valence-corrected chi connectivity index (χ0v) is 9.85. The molecule has 1 aromatic rings. The first-order valence-corrected chi connectivity index (χ1v) is 6.97. The van der Waals surface area contributed by atoms with Crippen LogP contribution in [0, 0.1) is 0 Å². The summed E-state index contributed by atoms with van der Waals surface area (Å²) in [6, 6.07) is 0.828. The number of aromatic nitrogens is 1. The van der Waals surface area contributed by atoms with Gasteiger partial charge in [0.1, 0.15) is 0 Å². The predicted molar refractivity (Wildman–Crippen MR) is 63.4 cm³/mol. The summed E-state index contributed by atoms with van der Waals surface area (Å²) in [6.07, 6.45) is 8.01. The van der Waals surface area contributed by atoms with Gasteiger partial charge in [0.25, 0.3) is 0 Å². The Morgan fingerprint density at radius 3 is 2.87 bits per heavy atom. The smallest absolute Gasteiger partial charge is 0.0959 e. The Labute approximate surface area is 95.1 Å². The van der Waals surface area contributed by atoms with Crippen molar-refractivity contribution in [3.05, 3.63) is 16.1 Å². The van der Waals surface area contributed by atoms with E-state index in [0.29, 0.717) is 0 Å². The van der Waals surface area contributed by atoms with Crippen LogP contribution in [0.4, 0.5) is 0 Å². The van der Waals surface area contributed by atoms with Crippen LogP contribution >= 0.6 is 11.3 Å². The van der Waals surface area contributed by atoms with Gasteiger partial charge in [0, 0.05) is 30.3 Å². The quantitative estimate of drug-likeness (QED) is 0.828. The second kappa shape index (κ2) is 4.22. The molecule has 0 spiro atoms. The minimum Gasteiger partial charge on any atom is -0.314 e. The van der Waals surface area contributed by atoms with Crippen molar-refractivity contribution >= 4 is 11.3 Å². The van der Waals surface area contributed by atoms with Crippen LogP contribution in [0.25, 0.3) is 0 Å². The van der Waals surface area contributed by atoms with Crippen molar-refractivity contribution in [3.8, 4) is 0 Å². The molecule has 0 radical (unpaired) electrons. The van der Waals surface area contributed by atoms with Gasteiger partial charge in [-0.05, 0) is 25.7 Å². The summed E-state index contributed by atoms with van der Waals surface area (Å²) in [5.41, 5.74) is 1.30. The lowest BCUT2D eigenvalue weighted by Gasteiger charge is -2.22. The van der Waals surface area contributed by atoms with Gasteiger partial charge in [-0.1, -0.05) is 6.42 Å². The van der Waals surface area contributed by atoms with E-state index in [4.69, 9.17) is 4.98 Å². The van der Waals surface area contributed by atoms with E-state index in [1.54, 1.807) is 0 Å². The molecule has 0 saturated heterocycles. The second-order valence-electron chi connectivity index (χ2n) is 4.78. The lowest BCUT2D eigenvalue weighted by Crippen LogP contribution is -2.19. The van der Waals surface area contributed by atoms with Crippen molar-refractivity contribution in [1.82, 2.24) is 10.3 Å². The molecule has 0 aromatic carbocycles. The van der Waals surface area contributed by atoms with E-state index >= 15 is 0 Å². The van der Waals surface area contributed by atoms with Gasteiger partial charge in [0.15, 0.2) is 0 Å². The maximum Gasteiger partial charge on any atom is 0.0959 e. The van der Waals surface area contributed by atoms with Crippen LogP contribution in [0.3, 0.4) is 0 Å². The van der Waals surface area contributed by atoms with Crippen molar-refractivity contribution in [1.29, 1.82) is 0 Å². The van der Waals surface area contributed by atoms with Crippen LogP contribution in [-0.4, -0.2) is 17.6 Å². The third kappa shape index (κ3) is 2.40.